The molecule has 0 amide bonds. The molecule has 3 aromatic carbocycles. The molecule has 0 aliphatic carbocycles. The molecule has 2 aromatic heterocycles. The molecular formula is C36H38F6N6O6. The molecular weight excluding hydrogens is 726 g/mol. The predicted octanol–water partition coefficient (Wildman–Crippen LogP) is 7.80. The van der Waals surface area contributed by atoms with E-state index in [4.69, 9.17) is 24.2 Å². The molecule has 2 aliphatic heterocycles. The number of anilines is 2. The van der Waals surface area contributed by atoms with Crippen molar-refractivity contribution in [1.29, 1.82) is 0 Å². The quantitative estimate of drug-likeness (QED) is 0.0802. The zero-order chi connectivity index (χ0) is 38.2. The maximum Gasteiger partial charge on any atom is 0.573 e. The number of benzene rings is 3. The van der Waals surface area contributed by atoms with Crippen molar-refractivity contribution in [1.82, 2.24) is 14.9 Å². The third-order valence-corrected chi connectivity index (χ3v) is 9.75. The van der Waals surface area contributed by atoms with Gasteiger partial charge in [0.15, 0.2) is 22.7 Å². The number of rotatable bonds is 11. The minimum Gasteiger partial charge on any atom is -0.493 e. The Kier molecular flexibility index (Phi) is 10.3. The minimum atomic E-state index is -4.87. The van der Waals surface area contributed by atoms with Crippen LogP contribution in [0, 0.1) is 5.92 Å². The number of hydrogen-bond donors (Lipinski definition) is 1. The van der Waals surface area contributed by atoms with Gasteiger partial charge in [-0.2, -0.15) is 9.97 Å². The van der Waals surface area contributed by atoms with E-state index in [0.717, 1.165) is 43.6 Å². The van der Waals surface area contributed by atoms with Crippen LogP contribution < -0.4 is 34.7 Å². The number of fused-ring (bicyclic) bond motifs is 2. The average Bonchev–Trinajstić information content (AvgIpc) is 3.74. The summed E-state index contributed by atoms with van der Waals surface area (Å²) in [7, 11) is 1.60. The number of piperidine rings is 2. The fraction of sp³-hybridized carbons (Fsp3) is 0.444. The lowest BCUT2D eigenvalue weighted by Crippen LogP contribution is -2.56. The summed E-state index contributed by atoms with van der Waals surface area (Å²) in [5.41, 5.74) is 2.00. The Morgan fingerprint density at radius 1 is 0.815 bits per heavy atom. The number of aromatic nitrogens is 2. The lowest BCUT2D eigenvalue weighted by molar-refractivity contribution is -0.275. The first-order valence-electron chi connectivity index (χ1n) is 17.4. The van der Waals surface area contributed by atoms with Gasteiger partial charge in [-0.05, 0) is 93.6 Å². The van der Waals surface area contributed by atoms with Crippen LogP contribution in [0.15, 0.2) is 63.4 Å². The molecule has 12 nitrogen and oxygen atoms in total. The Bertz CT molecular complexity index is 2060. The molecule has 290 valence electrons. The number of alkyl halides is 6. The van der Waals surface area contributed by atoms with Crippen LogP contribution >= 0.6 is 0 Å². The largest absolute Gasteiger partial charge is 0.573 e. The van der Waals surface area contributed by atoms with Gasteiger partial charge >= 0.3 is 18.7 Å². The number of hydrazine groups is 1. The van der Waals surface area contributed by atoms with E-state index in [1.165, 1.54) is 29.3 Å². The summed E-state index contributed by atoms with van der Waals surface area (Å²) in [6.45, 7) is 5.16. The van der Waals surface area contributed by atoms with E-state index in [1.54, 1.807) is 7.11 Å². The standard InChI is InChI=1S/C36H38F6N6O6/c1-3-50-32-16-21(4-7-31(32)49-2)20-46-13-10-22(11-14-46)28-17-23(48(43)34-45-27-19-25(54-36(40,41)42)6-9-30(27)52-34)12-15-47(28)33-44-26-18-24(53-35(37,38)39)5-8-29(26)51-33/h4-9,16,18-19,22-23,28H,3,10-15,17,20,43H2,1-2H3. The molecule has 18 heteroatoms. The first-order chi connectivity index (χ1) is 25.7. The van der Waals surface area contributed by atoms with E-state index in [9.17, 15) is 26.3 Å². The van der Waals surface area contributed by atoms with Gasteiger partial charge in [-0.15, -0.1) is 26.3 Å². The van der Waals surface area contributed by atoms with Crippen molar-refractivity contribution >= 4 is 34.2 Å². The van der Waals surface area contributed by atoms with Gasteiger partial charge in [0.25, 0.3) is 6.01 Å². The summed E-state index contributed by atoms with van der Waals surface area (Å²) in [6.07, 6.45) is -7.07. The van der Waals surface area contributed by atoms with Crippen molar-refractivity contribution in [2.45, 2.75) is 64.0 Å². The van der Waals surface area contributed by atoms with Crippen molar-refractivity contribution in [2.75, 3.05) is 43.3 Å². The predicted molar refractivity (Wildman–Crippen MR) is 184 cm³/mol. The van der Waals surface area contributed by atoms with Crippen LogP contribution in [-0.4, -0.2) is 73.0 Å². The summed E-state index contributed by atoms with van der Waals surface area (Å²) < 4.78 is 109. The van der Waals surface area contributed by atoms with Crippen molar-refractivity contribution in [3.8, 4) is 23.0 Å². The van der Waals surface area contributed by atoms with Crippen molar-refractivity contribution in [2.24, 2.45) is 11.8 Å². The lowest BCUT2D eigenvalue weighted by atomic mass is 9.82. The Morgan fingerprint density at radius 3 is 2.09 bits per heavy atom. The third-order valence-electron chi connectivity index (χ3n) is 9.75. The number of halogens is 6. The van der Waals surface area contributed by atoms with Gasteiger partial charge in [-0.25, -0.2) is 5.84 Å². The molecule has 2 N–H and O–H groups in total. The molecule has 0 saturated carbocycles. The molecule has 54 heavy (non-hydrogen) atoms. The van der Waals surface area contributed by atoms with Crippen molar-refractivity contribution in [3.63, 3.8) is 0 Å². The second-order valence-corrected chi connectivity index (χ2v) is 13.2. The number of ether oxygens (including phenoxy) is 4. The molecule has 0 bridgehead atoms. The number of oxazole rings is 2. The fourth-order valence-electron chi connectivity index (χ4n) is 7.33. The highest BCUT2D eigenvalue weighted by molar-refractivity contribution is 5.77. The molecule has 0 radical (unpaired) electrons. The first-order valence-corrected chi connectivity index (χ1v) is 17.4. The average molecular weight is 765 g/mol. The number of nitrogens with two attached hydrogens (primary N) is 1. The smallest absolute Gasteiger partial charge is 0.493 e. The van der Waals surface area contributed by atoms with E-state index in [2.05, 4.69) is 24.3 Å². The van der Waals surface area contributed by atoms with Crippen LogP contribution in [0.25, 0.3) is 22.2 Å². The van der Waals surface area contributed by atoms with Crippen molar-refractivity contribution in [3.05, 3.63) is 60.2 Å². The summed E-state index contributed by atoms with van der Waals surface area (Å²) in [6, 6.07) is 13.1. The number of methoxy groups -OCH3 is 1. The van der Waals surface area contributed by atoms with Crippen LogP contribution in [-0.2, 0) is 6.54 Å². The number of likely N-dealkylation sites (tertiary alicyclic amines) is 1. The highest BCUT2D eigenvalue weighted by atomic mass is 19.4. The zero-order valence-corrected chi connectivity index (χ0v) is 29.3. The molecule has 5 aromatic rings. The highest BCUT2D eigenvalue weighted by Crippen LogP contribution is 2.39. The molecule has 2 atom stereocenters. The molecule has 7 rings (SSSR count). The van der Waals surface area contributed by atoms with Crippen LogP contribution in [0.2, 0.25) is 0 Å². The zero-order valence-electron chi connectivity index (χ0n) is 29.3. The normalized spacial score (nSPS) is 19.0. The second-order valence-electron chi connectivity index (χ2n) is 13.2. The molecule has 0 spiro atoms. The molecule has 2 unspecified atom stereocenters. The Hall–Kier alpha value is -5.10. The SMILES string of the molecule is CCOc1cc(CN2CCC(C3CC(N(N)c4nc5cc(OC(F)(F)F)ccc5o4)CCN3c3nc4cc(OC(F)(F)F)ccc4o3)CC2)ccc1OC. The van der Waals surface area contributed by atoms with E-state index in [0.29, 0.717) is 49.6 Å². The summed E-state index contributed by atoms with van der Waals surface area (Å²) >= 11 is 0. The van der Waals surface area contributed by atoms with E-state index in [1.807, 2.05) is 30.0 Å². The van der Waals surface area contributed by atoms with Gasteiger partial charge in [-0.3, -0.25) is 9.91 Å². The van der Waals surface area contributed by atoms with Gasteiger partial charge in [-0.1, -0.05) is 6.07 Å². The van der Waals surface area contributed by atoms with Crippen LogP contribution in [0.3, 0.4) is 0 Å². The molecule has 2 saturated heterocycles. The van der Waals surface area contributed by atoms with E-state index < -0.39 is 24.2 Å². The van der Waals surface area contributed by atoms with Crippen LogP contribution in [0.1, 0.15) is 38.2 Å². The third kappa shape index (κ3) is 8.49. The first kappa shape index (κ1) is 37.2. The number of nitrogens with zero attached hydrogens (tertiary/aromatic N) is 5. The van der Waals surface area contributed by atoms with Gasteiger partial charge in [0.2, 0.25) is 0 Å². The van der Waals surface area contributed by atoms with Crippen LogP contribution in [0.5, 0.6) is 23.0 Å². The lowest BCUT2D eigenvalue weighted by Gasteiger charge is -2.46. The van der Waals surface area contributed by atoms with Gasteiger partial charge < -0.3 is 32.7 Å². The second kappa shape index (κ2) is 15.0. The summed E-state index contributed by atoms with van der Waals surface area (Å²) in [5.74, 6) is 7.28. The maximum absolute atomic E-state index is 12.9. The summed E-state index contributed by atoms with van der Waals surface area (Å²) in [5, 5.41) is 1.40. The Balaban J connectivity index is 1.11. The minimum absolute atomic E-state index is 0.0335. The van der Waals surface area contributed by atoms with Crippen molar-refractivity contribution < 1.29 is 54.1 Å². The maximum atomic E-state index is 12.9. The molecule has 2 aliphatic rings. The molecule has 4 heterocycles. The summed E-state index contributed by atoms with van der Waals surface area (Å²) in [4.78, 5) is 13.4. The van der Waals surface area contributed by atoms with Gasteiger partial charge in [0.1, 0.15) is 22.5 Å². The topological polar surface area (TPSA) is 125 Å². The Labute approximate surface area is 305 Å². The monoisotopic (exact) mass is 764 g/mol. The Morgan fingerprint density at radius 2 is 1.46 bits per heavy atom. The van der Waals surface area contributed by atoms with Gasteiger partial charge in [0.05, 0.1) is 19.8 Å². The fourth-order valence-corrected chi connectivity index (χ4v) is 7.33. The number of hydrogen-bond acceptors (Lipinski definition) is 12. The van der Waals surface area contributed by atoms with Gasteiger partial charge in [0, 0.05) is 31.3 Å². The highest BCUT2D eigenvalue weighted by Gasteiger charge is 2.40. The van der Waals surface area contributed by atoms with E-state index in [-0.39, 0.29) is 46.6 Å². The van der Waals surface area contributed by atoms with E-state index >= 15 is 0 Å². The molecule has 2 fully saturated rings. The van der Waals surface area contributed by atoms with Crippen LogP contribution in [0.4, 0.5) is 38.4 Å².